The maximum Gasteiger partial charge on any atom is 0.241 e. The number of ether oxygens (including phenoxy) is 1. The molecule has 0 radical (unpaired) electrons. The number of nitrogens with zero attached hydrogens (tertiary/aromatic N) is 1. The zero-order valence-electron chi connectivity index (χ0n) is 14.4. The molecule has 1 atom stereocenters. The fourth-order valence-electron chi connectivity index (χ4n) is 3.38. The van der Waals surface area contributed by atoms with Gasteiger partial charge in [0.2, 0.25) is 15.9 Å². The lowest BCUT2D eigenvalue weighted by molar-refractivity contribution is -0.119. The highest BCUT2D eigenvalue weighted by atomic mass is 32.2. The van der Waals surface area contributed by atoms with Crippen LogP contribution in [0.5, 0.6) is 0 Å². The first-order chi connectivity index (χ1) is 11.9. The van der Waals surface area contributed by atoms with E-state index in [0.717, 1.165) is 18.4 Å². The topological polar surface area (TPSA) is 102 Å². The number of hydrogen-bond acceptors (Lipinski definition) is 5. The van der Waals surface area contributed by atoms with Gasteiger partial charge in [-0.2, -0.15) is 0 Å². The number of amides is 1. The predicted molar refractivity (Wildman–Crippen MR) is 97.1 cm³/mol. The Morgan fingerprint density at radius 3 is 2.72 bits per heavy atom. The molecule has 1 aromatic rings. The minimum Gasteiger partial charge on any atom is -0.381 e. The SMILES string of the molecule is Cc1ccc(NC(=O)C(N)C2CCOCC2)cc1N1CCCS1(=O)=O. The number of aryl methyl sites for hydroxylation is 1. The molecule has 2 heterocycles. The molecule has 0 saturated carbocycles. The van der Waals surface area contributed by atoms with Crippen LogP contribution in [-0.2, 0) is 19.6 Å². The van der Waals surface area contributed by atoms with Crippen molar-refractivity contribution >= 4 is 27.3 Å². The van der Waals surface area contributed by atoms with E-state index in [-0.39, 0.29) is 17.6 Å². The van der Waals surface area contributed by atoms with Crippen molar-refractivity contribution in [1.29, 1.82) is 0 Å². The maximum absolute atomic E-state index is 12.4. The largest absolute Gasteiger partial charge is 0.381 e. The van der Waals surface area contributed by atoms with Crippen molar-refractivity contribution in [2.24, 2.45) is 11.7 Å². The Labute approximate surface area is 148 Å². The van der Waals surface area contributed by atoms with Gasteiger partial charge in [-0.25, -0.2) is 8.42 Å². The summed E-state index contributed by atoms with van der Waals surface area (Å²) >= 11 is 0. The molecule has 1 amide bonds. The van der Waals surface area contributed by atoms with Gasteiger partial charge in [0, 0.05) is 25.4 Å². The van der Waals surface area contributed by atoms with E-state index in [0.29, 0.717) is 37.6 Å². The standard InChI is InChI=1S/C17H25N3O4S/c1-12-3-4-14(11-15(12)20-7-2-10-25(20,22)23)19-17(21)16(18)13-5-8-24-9-6-13/h3-4,11,13,16H,2,5-10,18H2,1H3,(H,19,21). The molecule has 0 aromatic heterocycles. The summed E-state index contributed by atoms with van der Waals surface area (Å²) in [6.07, 6.45) is 2.17. The summed E-state index contributed by atoms with van der Waals surface area (Å²) in [5.74, 6) is 0.0288. The van der Waals surface area contributed by atoms with Crippen molar-refractivity contribution in [1.82, 2.24) is 0 Å². The lowest BCUT2D eigenvalue weighted by atomic mass is 9.92. The highest BCUT2D eigenvalue weighted by molar-refractivity contribution is 7.93. The zero-order chi connectivity index (χ0) is 18.0. The number of benzene rings is 1. The van der Waals surface area contributed by atoms with Crippen LogP contribution < -0.4 is 15.4 Å². The number of nitrogens with two attached hydrogens (primary N) is 1. The number of sulfonamides is 1. The minimum atomic E-state index is -3.26. The number of carbonyl (C=O) groups is 1. The fraction of sp³-hybridized carbons (Fsp3) is 0.588. The Balaban J connectivity index is 1.75. The van der Waals surface area contributed by atoms with Crippen LogP contribution in [0.25, 0.3) is 0 Å². The summed E-state index contributed by atoms with van der Waals surface area (Å²) in [4.78, 5) is 12.4. The van der Waals surface area contributed by atoms with Crippen LogP contribution in [0.3, 0.4) is 0 Å². The first-order valence-electron chi connectivity index (χ1n) is 8.64. The van der Waals surface area contributed by atoms with E-state index in [4.69, 9.17) is 10.5 Å². The number of nitrogens with one attached hydrogen (secondary N) is 1. The van der Waals surface area contributed by atoms with Gasteiger partial charge in [-0.3, -0.25) is 9.10 Å². The molecule has 25 heavy (non-hydrogen) atoms. The lowest BCUT2D eigenvalue weighted by Gasteiger charge is -2.27. The fourth-order valence-corrected chi connectivity index (χ4v) is 5.00. The molecule has 0 spiro atoms. The van der Waals surface area contributed by atoms with Gasteiger partial charge in [0.1, 0.15) is 0 Å². The minimum absolute atomic E-state index is 0.109. The highest BCUT2D eigenvalue weighted by Gasteiger charge is 2.30. The second kappa shape index (κ2) is 7.31. The molecule has 3 N–H and O–H groups in total. The van der Waals surface area contributed by atoms with Crippen molar-refractivity contribution in [3.8, 4) is 0 Å². The molecule has 0 bridgehead atoms. The van der Waals surface area contributed by atoms with Crippen molar-refractivity contribution < 1.29 is 17.9 Å². The quantitative estimate of drug-likeness (QED) is 0.833. The van der Waals surface area contributed by atoms with Crippen molar-refractivity contribution in [3.63, 3.8) is 0 Å². The van der Waals surface area contributed by atoms with E-state index in [2.05, 4.69) is 5.32 Å². The second-order valence-electron chi connectivity index (χ2n) is 6.71. The molecule has 1 unspecified atom stereocenters. The maximum atomic E-state index is 12.4. The molecule has 8 heteroatoms. The normalized spacial score (nSPS) is 21.9. The van der Waals surface area contributed by atoms with Crippen LogP contribution in [-0.4, -0.2) is 45.9 Å². The average molecular weight is 367 g/mol. The smallest absolute Gasteiger partial charge is 0.241 e. The Bertz CT molecular complexity index is 744. The number of rotatable bonds is 4. The second-order valence-corrected chi connectivity index (χ2v) is 8.72. The van der Waals surface area contributed by atoms with Gasteiger partial charge in [-0.1, -0.05) is 6.07 Å². The predicted octanol–water partition coefficient (Wildman–Crippen LogP) is 1.23. The number of anilines is 2. The van der Waals surface area contributed by atoms with E-state index < -0.39 is 16.1 Å². The summed E-state index contributed by atoms with van der Waals surface area (Å²) in [6, 6.07) is 4.71. The number of hydrogen-bond donors (Lipinski definition) is 2. The highest BCUT2D eigenvalue weighted by Crippen LogP contribution is 2.30. The molecule has 2 aliphatic heterocycles. The van der Waals surface area contributed by atoms with Crippen LogP contribution in [0.4, 0.5) is 11.4 Å². The molecule has 2 saturated heterocycles. The van der Waals surface area contributed by atoms with Gasteiger partial charge >= 0.3 is 0 Å². The Kier molecular flexibility index (Phi) is 5.31. The van der Waals surface area contributed by atoms with E-state index >= 15 is 0 Å². The summed E-state index contributed by atoms with van der Waals surface area (Å²) < 4.78 is 31.1. The molecule has 1 aromatic carbocycles. The average Bonchev–Trinajstić information content (AvgIpc) is 2.95. The Hall–Kier alpha value is -1.64. The summed E-state index contributed by atoms with van der Waals surface area (Å²) in [6.45, 7) is 3.60. The Morgan fingerprint density at radius 2 is 2.08 bits per heavy atom. The summed E-state index contributed by atoms with van der Waals surface area (Å²) in [5.41, 5.74) is 8.14. The van der Waals surface area contributed by atoms with E-state index in [1.807, 2.05) is 13.0 Å². The molecule has 7 nitrogen and oxygen atoms in total. The van der Waals surface area contributed by atoms with Crippen LogP contribution in [0.1, 0.15) is 24.8 Å². The third-order valence-electron chi connectivity index (χ3n) is 4.92. The molecule has 0 aliphatic carbocycles. The zero-order valence-corrected chi connectivity index (χ0v) is 15.2. The third kappa shape index (κ3) is 3.96. The van der Waals surface area contributed by atoms with Gasteiger partial charge in [-0.05, 0) is 49.8 Å². The Morgan fingerprint density at radius 1 is 1.36 bits per heavy atom. The summed E-state index contributed by atoms with van der Waals surface area (Å²) in [5, 5.41) is 2.83. The van der Waals surface area contributed by atoms with E-state index in [1.165, 1.54) is 4.31 Å². The van der Waals surface area contributed by atoms with Crippen LogP contribution in [0.15, 0.2) is 18.2 Å². The van der Waals surface area contributed by atoms with Crippen molar-refractivity contribution in [2.45, 2.75) is 32.2 Å². The molecule has 2 aliphatic rings. The monoisotopic (exact) mass is 367 g/mol. The van der Waals surface area contributed by atoms with Gasteiger partial charge in [0.05, 0.1) is 17.5 Å². The number of carbonyl (C=O) groups excluding carboxylic acids is 1. The summed E-state index contributed by atoms with van der Waals surface area (Å²) in [7, 11) is -3.26. The molecule has 2 fully saturated rings. The van der Waals surface area contributed by atoms with Gasteiger partial charge in [-0.15, -0.1) is 0 Å². The van der Waals surface area contributed by atoms with Gasteiger partial charge in [0.25, 0.3) is 0 Å². The van der Waals surface area contributed by atoms with Crippen molar-refractivity contribution in [2.75, 3.05) is 35.1 Å². The van der Waals surface area contributed by atoms with Crippen LogP contribution >= 0.6 is 0 Å². The van der Waals surface area contributed by atoms with Gasteiger partial charge in [0.15, 0.2) is 0 Å². The van der Waals surface area contributed by atoms with Crippen molar-refractivity contribution in [3.05, 3.63) is 23.8 Å². The molecular weight excluding hydrogens is 342 g/mol. The lowest BCUT2D eigenvalue weighted by Crippen LogP contribution is -2.44. The van der Waals surface area contributed by atoms with E-state index in [9.17, 15) is 13.2 Å². The third-order valence-corrected chi connectivity index (χ3v) is 6.78. The molecular formula is C17H25N3O4S. The van der Waals surface area contributed by atoms with E-state index in [1.54, 1.807) is 12.1 Å². The van der Waals surface area contributed by atoms with Gasteiger partial charge < -0.3 is 15.8 Å². The van der Waals surface area contributed by atoms with Crippen LogP contribution in [0.2, 0.25) is 0 Å². The van der Waals surface area contributed by atoms with Crippen LogP contribution in [0, 0.1) is 12.8 Å². The molecule has 3 rings (SSSR count). The first kappa shape index (κ1) is 18.2. The molecule has 138 valence electrons. The first-order valence-corrected chi connectivity index (χ1v) is 10.2.